The first-order valence-corrected chi connectivity index (χ1v) is 5.45. The van der Waals surface area contributed by atoms with Crippen molar-refractivity contribution in [1.82, 2.24) is 11.5 Å². The summed E-state index contributed by atoms with van der Waals surface area (Å²) >= 11 is 0. The van der Waals surface area contributed by atoms with Crippen LogP contribution in [0.5, 0.6) is 0 Å². The van der Waals surface area contributed by atoms with Gasteiger partial charge in [0.1, 0.15) is 11.8 Å². The van der Waals surface area contributed by atoms with Crippen LogP contribution >= 0.6 is 8.69 Å². The lowest BCUT2D eigenvalue weighted by molar-refractivity contribution is 0.0507. The van der Waals surface area contributed by atoms with Crippen LogP contribution < -0.4 is 11.5 Å². The molecule has 0 bridgehead atoms. The molecule has 0 fully saturated rings. The number of alkyl halides is 1. The van der Waals surface area contributed by atoms with Crippen molar-refractivity contribution in [3.05, 3.63) is 0 Å². The molecule has 6 nitrogen and oxygen atoms in total. The highest BCUT2D eigenvalue weighted by Crippen LogP contribution is 2.06. The Kier molecular flexibility index (Phi) is 9.42. The third kappa shape index (κ3) is 11.4. The average molecular weight is 258 g/mol. The molecule has 0 aromatic rings. The minimum atomic E-state index is -1.41. The van der Waals surface area contributed by atoms with Crippen molar-refractivity contribution in [2.45, 2.75) is 32.5 Å². The van der Waals surface area contributed by atoms with Gasteiger partial charge in [0.25, 0.3) is 0 Å². The quantitative estimate of drug-likeness (QED) is 0.731. The summed E-state index contributed by atoms with van der Waals surface area (Å²) in [6.45, 7) is 4.64. The third-order valence-corrected chi connectivity index (χ3v) is 1.54. The van der Waals surface area contributed by atoms with Crippen LogP contribution in [0.3, 0.4) is 0 Å². The lowest BCUT2D eigenvalue weighted by Crippen LogP contribution is -2.36. The standard InChI is InChI=1S/C8H17FNO4P.H3N/c1-8(2,3)14-7(11)10-4-6(9)5-13-15-12;/h6H,4-5,15H2,1-3H3,(H,10,11);1H3/t6-;/m0./s1. The molecule has 0 aromatic heterocycles. The Morgan fingerprint density at radius 2 is 2.06 bits per heavy atom. The highest BCUT2D eigenvalue weighted by molar-refractivity contribution is 7.17. The van der Waals surface area contributed by atoms with Crippen molar-refractivity contribution in [2.75, 3.05) is 13.2 Å². The molecule has 0 rings (SSSR count). The van der Waals surface area contributed by atoms with Gasteiger partial charge in [-0.3, -0.25) is 4.57 Å². The first kappa shape index (κ1) is 17.7. The maximum absolute atomic E-state index is 12.9. The Labute approximate surface area is 95.7 Å². The van der Waals surface area contributed by atoms with E-state index in [-0.39, 0.29) is 19.3 Å². The minimum absolute atomic E-state index is 0. The molecular formula is C8H20FN2O4P. The Morgan fingerprint density at radius 3 is 2.50 bits per heavy atom. The molecular weight excluding hydrogens is 238 g/mol. The van der Waals surface area contributed by atoms with Crippen LogP contribution in [0.2, 0.25) is 0 Å². The predicted molar refractivity (Wildman–Crippen MR) is 60.5 cm³/mol. The van der Waals surface area contributed by atoms with Gasteiger partial charge >= 0.3 is 6.09 Å². The largest absolute Gasteiger partial charge is 0.444 e. The summed E-state index contributed by atoms with van der Waals surface area (Å²) in [7, 11) is -1.41. The van der Waals surface area contributed by atoms with E-state index in [9.17, 15) is 13.8 Å². The second-order valence-corrected chi connectivity index (χ2v) is 4.44. The summed E-state index contributed by atoms with van der Waals surface area (Å²) in [4.78, 5) is 11.0. The lowest BCUT2D eigenvalue weighted by atomic mass is 10.2. The maximum Gasteiger partial charge on any atom is 0.407 e. The molecule has 16 heavy (non-hydrogen) atoms. The van der Waals surface area contributed by atoms with Crippen molar-refractivity contribution in [3.63, 3.8) is 0 Å². The fourth-order valence-electron chi connectivity index (χ4n) is 0.711. The van der Waals surface area contributed by atoms with Crippen molar-refractivity contribution in [1.29, 1.82) is 0 Å². The highest BCUT2D eigenvalue weighted by Gasteiger charge is 2.17. The first-order chi connectivity index (χ1) is 6.85. The van der Waals surface area contributed by atoms with E-state index in [0.29, 0.717) is 0 Å². The second kappa shape index (κ2) is 8.50. The number of ether oxygens (including phenoxy) is 1. The van der Waals surface area contributed by atoms with Gasteiger partial charge in [0.15, 0.2) is 8.69 Å². The molecule has 0 aliphatic carbocycles. The van der Waals surface area contributed by atoms with Crippen LogP contribution in [-0.2, 0) is 13.8 Å². The lowest BCUT2D eigenvalue weighted by Gasteiger charge is -2.20. The van der Waals surface area contributed by atoms with Gasteiger partial charge in [-0.05, 0) is 20.8 Å². The Balaban J connectivity index is 0. The highest BCUT2D eigenvalue weighted by atomic mass is 31.1. The molecule has 4 N–H and O–H groups in total. The Bertz CT molecular complexity index is 223. The van der Waals surface area contributed by atoms with Crippen LogP contribution in [0.1, 0.15) is 20.8 Å². The number of carbonyl (C=O) groups is 1. The molecule has 2 atom stereocenters. The van der Waals surface area contributed by atoms with Gasteiger partial charge in [-0.1, -0.05) is 0 Å². The van der Waals surface area contributed by atoms with E-state index in [4.69, 9.17) is 4.74 Å². The monoisotopic (exact) mass is 258 g/mol. The van der Waals surface area contributed by atoms with E-state index in [1.54, 1.807) is 20.8 Å². The van der Waals surface area contributed by atoms with E-state index < -0.39 is 26.6 Å². The SMILES string of the molecule is CC(C)(C)OC(=O)NC[C@H](F)CO[PH2]=O.N. The van der Waals surface area contributed by atoms with E-state index in [1.807, 2.05) is 0 Å². The fourth-order valence-corrected chi connectivity index (χ4v) is 0.998. The molecule has 0 saturated heterocycles. The molecule has 0 heterocycles. The van der Waals surface area contributed by atoms with Gasteiger partial charge in [-0.2, -0.15) is 0 Å². The summed E-state index contributed by atoms with van der Waals surface area (Å²) < 4.78 is 32.1. The second-order valence-electron chi connectivity index (χ2n) is 3.91. The van der Waals surface area contributed by atoms with E-state index >= 15 is 0 Å². The summed E-state index contributed by atoms with van der Waals surface area (Å²) in [6, 6.07) is 0. The van der Waals surface area contributed by atoms with Crippen LogP contribution in [0.4, 0.5) is 9.18 Å². The number of hydrogen-bond donors (Lipinski definition) is 2. The van der Waals surface area contributed by atoms with Crippen molar-refractivity contribution >= 4 is 14.8 Å². The van der Waals surface area contributed by atoms with Gasteiger partial charge in [0, 0.05) is 0 Å². The van der Waals surface area contributed by atoms with Crippen LogP contribution in [-0.4, -0.2) is 31.0 Å². The normalized spacial score (nSPS) is 13.2. The molecule has 0 aliphatic rings. The summed E-state index contributed by atoms with van der Waals surface area (Å²) in [5, 5.41) is 2.24. The van der Waals surface area contributed by atoms with E-state index in [1.165, 1.54) is 0 Å². The average Bonchev–Trinajstić information content (AvgIpc) is 2.08. The topological polar surface area (TPSA) is 99.6 Å². The summed E-state index contributed by atoms with van der Waals surface area (Å²) in [6.07, 6.45) is -2.06. The number of hydrogen-bond acceptors (Lipinski definition) is 5. The van der Waals surface area contributed by atoms with Crippen LogP contribution in [0.25, 0.3) is 0 Å². The van der Waals surface area contributed by atoms with Crippen molar-refractivity contribution < 1.29 is 23.0 Å². The van der Waals surface area contributed by atoms with Gasteiger partial charge in [0.05, 0.1) is 13.2 Å². The summed E-state index contributed by atoms with van der Waals surface area (Å²) in [5.74, 6) is 0. The predicted octanol–water partition coefficient (Wildman–Crippen LogP) is 1.70. The molecule has 0 spiro atoms. The van der Waals surface area contributed by atoms with Crippen LogP contribution in [0.15, 0.2) is 0 Å². The molecule has 0 saturated carbocycles. The zero-order valence-corrected chi connectivity index (χ0v) is 10.9. The molecule has 0 aromatic carbocycles. The molecule has 98 valence electrons. The molecule has 1 amide bonds. The summed E-state index contributed by atoms with van der Waals surface area (Å²) in [5.41, 5.74) is -0.606. The van der Waals surface area contributed by atoms with E-state index in [0.717, 1.165) is 0 Å². The molecule has 0 aliphatic heterocycles. The van der Waals surface area contributed by atoms with E-state index in [2.05, 4.69) is 9.84 Å². The Hall–Kier alpha value is -0.650. The zero-order chi connectivity index (χ0) is 11.9. The van der Waals surface area contributed by atoms with Crippen molar-refractivity contribution in [2.24, 2.45) is 0 Å². The third-order valence-electron chi connectivity index (χ3n) is 1.21. The molecule has 8 heteroatoms. The smallest absolute Gasteiger partial charge is 0.407 e. The number of nitrogens with one attached hydrogen (secondary N) is 1. The maximum atomic E-state index is 12.9. The van der Waals surface area contributed by atoms with Crippen molar-refractivity contribution in [3.8, 4) is 0 Å². The number of halogens is 1. The first-order valence-electron chi connectivity index (χ1n) is 4.51. The number of rotatable bonds is 5. The number of alkyl carbamates (subject to hydrolysis) is 1. The fraction of sp³-hybridized carbons (Fsp3) is 0.875. The molecule has 0 radical (unpaired) electrons. The van der Waals surface area contributed by atoms with Gasteiger partial charge < -0.3 is 20.7 Å². The number of amides is 1. The van der Waals surface area contributed by atoms with Gasteiger partial charge in [-0.15, -0.1) is 0 Å². The molecule has 1 unspecified atom stereocenters. The number of carbonyl (C=O) groups excluding carboxylic acids is 1. The van der Waals surface area contributed by atoms with Gasteiger partial charge in [-0.25, -0.2) is 9.18 Å². The zero-order valence-electron chi connectivity index (χ0n) is 9.79. The van der Waals surface area contributed by atoms with Gasteiger partial charge in [0.2, 0.25) is 0 Å². The van der Waals surface area contributed by atoms with Crippen LogP contribution in [0, 0.1) is 0 Å². The minimum Gasteiger partial charge on any atom is -0.444 e. The Morgan fingerprint density at radius 1 is 1.50 bits per heavy atom.